The van der Waals surface area contributed by atoms with E-state index in [9.17, 15) is 14.7 Å². The maximum absolute atomic E-state index is 13.0. The molecular formula is C25H28N6O5. The number of hydrogen-bond donors (Lipinski definition) is 4. The lowest BCUT2D eigenvalue weighted by atomic mass is 9.83. The van der Waals surface area contributed by atoms with Crippen molar-refractivity contribution in [3.63, 3.8) is 0 Å². The van der Waals surface area contributed by atoms with Crippen molar-refractivity contribution in [2.45, 2.75) is 44.9 Å². The number of hydrogen-bond acceptors (Lipinski definition) is 9. The van der Waals surface area contributed by atoms with Crippen molar-refractivity contribution in [3.8, 4) is 11.6 Å². The highest BCUT2D eigenvalue weighted by Gasteiger charge is 2.33. The number of fused-ring (bicyclic) bond motifs is 2. The Balaban J connectivity index is 1.20. The quantitative estimate of drug-likeness (QED) is 0.405. The average molecular weight is 493 g/mol. The van der Waals surface area contributed by atoms with Crippen LogP contribution in [0.25, 0.3) is 11.0 Å². The zero-order valence-corrected chi connectivity index (χ0v) is 20.1. The van der Waals surface area contributed by atoms with Crippen LogP contribution in [0.2, 0.25) is 0 Å². The standard InChI is InChI=1S/C25H28N6O5/c1-13-9-20-24(30-21(33)12-36-20)28-18(13)11-27-15-4-3-14(10-19(15)32)25(34)29-17-7-8-26-16-5-6-22(35-2)31-23(16)17/h5-9,14-15,19,27,32H,3-4,10-12H2,1-2H3,(H,26,29,34)(H,28,30,33)/t14-,15-,19-/m1/s1. The van der Waals surface area contributed by atoms with Crippen molar-refractivity contribution >= 4 is 34.4 Å². The first-order valence-corrected chi connectivity index (χ1v) is 11.9. The second-order valence-electron chi connectivity index (χ2n) is 9.07. The Morgan fingerprint density at radius 3 is 2.94 bits per heavy atom. The van der Waals surface area contributed by atoms with Gasteiger partial charge in [-0.1, -0.05) is 0 Å². The molecule has 4 N–H and O–H groups in total. The van der Waals surface area contributed by atoms with Crippen LogP contribution in [0.1, 0.15) is 30.5 Å². The minimum absolute atomic E-state index is 0.0170. The van der Waals surface area contributed by atoms with Crippen LogP contribution < -0.4 is 25.4 Å². The molecule has 3 atom stereocenters. The summed E-state index contributed by atoms with van der Waals surface area (Å²) in [7, 11) is 1.53. The Morgan fingerprint density at radius 1 is 1.28 bits per heavy atom. The summed E-state index contributed by atoms with van der Waals surface area (Å²) in [5.41, 5.74) is 3.45. The smallest absolute Gasteiger partial charge is 0.263 e. The van der Waals surface area contributed by atoms with Crippen molar-refractivity contribution in [1.29, 1.82) is 0 Å². The highest BCUT2D eigenvalue weighted by molar-refractivity contribution is 6.00. The minimum Gasteiger partial charge on any atom is -0.481 e. The summed E-state index contributed by atoms with van der Waals surface area (Å²) in [6, 6.07) is 6.89. The van der Waals surface area contributed by atoms with Crippen molar-refractivity contribution in [1.82, 2.24) is 20.3 Å². The third kappa shape index (κ3) is 4.93. The van der Waals surface area contributed by atoms with Gasteiger partial charge < -0.3 is 30.5 Å². The molecule has 4 heterocycles. The van der Waals surface area contributed by atoms with Crippen molar-refractivity contribution in [2.75, 3.05) is 24.4 Å². The number of carbonyl (C=O) groups is 2. The predicted molar refractivity (Wildman–Crippen MR) is 132 cm³/mol. The maximum Gasteiger partial charge on any atom is 0.263 e. The maximum atomic E-state index is 13.0. The van der Waals surface area contributed by atoms with Gasteiger partial charge in [0.05, 0.1) is 30.1 Å². The summed E-state index contributed by atoms with van der Waals surface area (Å²) in [6.07, 6.45) is 2.52. The van der Waals surface area contributed by atoms with Gasteiger partial charge in [-0.3, -0.25) is 14.6 Å². The van der Waals surface area contributed by atoms with Crippen molar-refractivity contribution in [2.24, 2.45) is 5.92 Å². The third-order valence-electron chi connectivity index (χ3n) is 6.64. The van der Waals surface area contributed by atoms with E-state index < -0.39 is 6.10 Å². The molecule has 0 saturated heterocycles. The van der Waals surface area contributed by atoms with Crippen molar-refractivity contribution < 1.29 is 24.2 Å². The molecule has 0 unspecified atom stereocenters. The molecule has 11 heteroatoms. The molecule has 2 amide bonds. The number of carbonyl (C=O) groups excluding carboxylic acids is 2. The van der Waals surface area contributed by atoms with Crippen LogP contribution in [0.5, 0.6) is 11.6 Å². The number of nitrogens with one attached hydrogen (secondary N) is 3. The number of nitrogens with zero attached hydrogens (tertiary/aromatic N) is 3. The fraction of sp³-hybridized carbons (Fsp3) is 0.400. The molecule has 0 radical (unpaired) electrons. The Labute approximate surface area is 207 Å². The SMILES string of the molecule is COc1ccc2nccc(NC(=O)[C@@H]3CC[C@@H](NCc4nc5c(cc4C)OCC(=O)N5)[C@H](O)C3)c2n1. The van der Waals surface area contributed by atoms with Gasteiger partial charge in [-0.2, -0.15) is 0 Å². The fourth-order valence-corrected chi connectivity index (χ4v) is 4.62. The normalized spacial score (nSPS) is 21.3. The average Bonchev–Trinajstić information content (AvgIpc) is 2.88. The third-order valence-corrected chi connectivity index (χ3v) is 6.64. The van der Waals surface area contributed by atoms with Crippen LogP contribution in [0.4, 0.5) is 11.5 Å². The van der Waals surface area contributed by atoms with E-state index in [2.05, 4.69) is 30.9 Å². The number of pyridine rings is 3. The lowest BCUT2D eigenvalue weighted by molar-refractivity contribution is -0.122. The van der Waals surface area contributed by atoms with E-state index in [1.165, 1.54) is 7.11 Å². The van der Waals surface area contributed by atoms with Crippen LogP contribution in [0.15, 0.2) is 30.5 Å². The number of ether oxygens (including phenoxy) is 2. The number of anilines is 2. The van der Waals surface area contributed by atoms with Crippen LogP contribution >= 0.6 is 0 Å². The number of aliphatic hydroxyl groups excluding tert-OH is 1. The Morgan fingerprint density at radius 2 is 2.14 bits per heavy atom. The van der Waals surface area contributed by atoms with Crippen LogP contribution in [0.3, 0.4) is 0 Å². The summed E-state index contributed by atoms with van der Waals surface area (Å²) in [5.74, 6) is 0.671. The zero-order chi connectivity index (χ0) is 25.2. The van der Waals surface area contributed by atoms with E-state index in [-0.39, 0.29) is 30.4 Å². The first kappa shape index (κ1) is 23.9. The van der Waals surface area contributed by atoms with Crippen LogP contribution in [0, 0.1) is 12.8 Å². The van der Waals surface area contributed by atoms with Gasteiger partial charge in [-0.05, 0) is 49.9 Å². The molecule has 5 rings (SSSR count). The number of amides is 2. The number of methoxy groups -OCH3 is 1. The van der Waals surface area contributed by atoms with Gasteiger partial charge in [0.25, 0.3) is 5.91 Å². The van der Waals surface area contributed by atoms with Gasteiger partial charge in [-0.15, -0.1) is 0 Å². The minimum atomic E-state index is -0.692. The zero-order valence-electron chi connectivity index (χ0n) is 20.1. The number of aromatic nitrogens is 3. The molecule has 1 aliphatic carbocycles. The van der Waals surface area contributed by atoms with E-state index >= 15 is 0 Å². The Bertz CT molecular complexity index is 1320. The van der Waals surface area contributed by atoms with E-state index in [1.54, 1.807) is 24.4 Å². The number of aliphatic hydroxyl groups is 1. The van der Waals surface area contributed by atoms with Gasteiger partial charge in [-0.25, -0.2) is 9.97 Å². The highest BCUT2D eigenvalue weighted by Crippen LogP contribution is 2.30. The van der Waals surface area contributed by atoms with Gasteiger partial charge in [0, 0.05) is 30.8 Å². The molecule has 0 aromatic carbocycles. The molecule has 1 fully saturated rings. The number of rotatable bonds is 6. The molecule has 36 heavy (non-hydrogen) atoms. The van der Waals surface area contributed by atoms with Crippen LogP contribution in [-0.2, 0) is 16.1 Å². The summed E-state index contributed by atoms with van der Waals surface area (Å²) >= 11 is 0. The molecule has 188 valence electrons. The first-order valence-electron chi connectivity index (χ1n) is 11.9. The van der Waals surface area contributed by atoms with Gasteiger partial charge in [0.15, 0.2) is 18.2 Å². The molecule has 3 aromatic heterocycles. The highest BCUT2D eigenvalue weighted by atomic mass is 16.5. The fourth-order valence-electron chi connectivity index (χ4n) is 4.62. The van der Waals surface area contributed by atoms with Gasteiger partial charge in [0.1, 0.15) is 5.52 Å². The van der Waals surface area contributed by atoms with E-state index in [0.29, 0.717) is 60.0 Å². The van der Waals surface area contributed by atoms with Crippen molar-refractivity contribution in [3.05, 3.63) is 41.7 Å². The summed E-state index contributed by atoms with van der Waals surface area (Å²) in [6.45, 7) is 2.33. The molecule has 3 aromatic rings. The lowest BCUT2D eigenvalue weighted by Gasteiger charge is -2.33. The first-order chi connectivity index (χ1) is 17.4. The second-order valence-corrected chi connectivity index (χ2v) is 9.07. The van der Waals surface area contributed by atoms with Crippen LogP contribution in [-0.4, -0.2) is 57.7 Å². The Kier molecular flexibility index (Phi) is 6.66. The molecule has 0 spiro atoms. The lowest BCUT2D eigenvalue weighted by Crippen LogP contribution is -2.46. The second kappa shape index (κ2) is 10.0. The van der Waals surface area contributed by atoms with E-state index in [1.807, 2.05) is 13.0 Å². The summed E-state index contributed by atoms with van der Waals surface area (Å²) in [5, 5.41) is 19.8. The molecule has 0 bridgehead atoms. The van der Waals surface area contributed by atoms with Gasteiger partial charge in [0.2, 0.25) is 11.8 Å². The summed E-state index contributed by atoms with van der Waals surface area (Å²) in [4.78, 5) is 37.8. The molecule has 1 saturated carbocycles. The van der Waals surface area contributed by atoms with Gasteiger partial charge >= 0.3 is 0 Å². The molecule has 1 aliphatic heterocycles. The summed E-state index contributed by atoms with van der Waals surface area (Å²) < 4.78 is 10.6. The predicted octanol–water partition coefficient (Wildman–Crippen LogP) is 1.93. The van der Waals surface area contributed by atoms with E-state index in [0.717, 1.165) is 11.3 Å². The Hall–Kier alpha value is -3.83. The molecule has 11 nitrogen and oxygen atoms in total. The molecular weight excluding hydrogens is 464 g/mol. The largest absolute Gasteiger partial charge is 0.481 e. The topological polar surface area (TPSA) is 148 Å². The number of aryl methyl sites for hydroxylation is 1. The monoisotopic (exact) mass is 492 g/mol. The van der Waals surface area contributed by atoms with E-state index in [4.69, 9.17) is 9.47 Å². The molecule has 2 aliphatic rings.